The smallest absolute Gasteiger partial charge is 0.114 e. The second-order valence-corrected chi connectivity index (χ2v) is 5.92. The predicted molar refractivity (Wildman–Crippen MR) is 81.2 cm³/mol. The number of hydrogen-bond donors (Lipinski definition) is 3. The molecule has 5 heteroatoms. The molecule has 1 rings (SSSR count). The van der Waals surface area contributed by atoms with Gasteiger partial charge in [0.2, 0.25) is 0 Å². The van der Waals surface area contributed by atoms with Crippen molar-refractivity contribution in [1.82, 2.24) is 0 Å². The molecule has 0 bridgehead atoms. The molecule has 0 aromatic rings. The fourth-order valence-electron chi connectivity index (χ4n) is 2.68. The van der Waals surface area contributed by atoms with Crippen molar-refractivity contribution in [3.8, 4) is 0 Å². The molecule has 0 aromatic carbocycles. The van der Waals surface area contributed by atoms with E-state index in [1.807, 2.05) is 0 Å². The van der Waals surface area contributed by atoms with Crippen LogP contribution in [0.3, 0.4) is 0 Å². The quantitative estimate of drug-likeness (QED) is 0.478. The lowest BCUT2D eigenvalue weighted by molar-refractivity contribution is -0.101. The lowest BCUT2D eigenvalue weighted by Gasteiger charge is -2.24. The number of hydrogen-bond acceptors (Lipinski definition) is 5. The zero-order chi connectivity index (χ0) is 15.5. The van der Waals surface area contributed by atoms with Crippen molar-refractivity contribution in [2.45, 2.75) is 82.7 Å². The third-order valence-corrected chi connectivity index (χ3v) is 4.07. The summed E-state index contributed by atoms with van der Waals surface area (Å²) in [5, 5.41) is 28.5. The Hall–Kier alpha value is -0.200. The molecular formula is C16H32O5. The van der Waals surface area contributed by atoms with Gasteiger partial charge < -0.3 is 24.8 Å². The van der Waals surface area contributed by atoms with Crippen molar-refractivity contribution in [1.29, 1.82) is 0 Å². The number of ether oxygens (including phenoxy) is 2. The van der Waals surface area contributed by atoms with Crippen LogP contribution in [0.5, 0.6) is 0 Å². The average molecular weight is 304 g/mol. The van der Waals surface area contributed by atoms with E-state index in [1.165, 1.54) is 38.5 Å². The Bertz CT molecular complexity index is 249. The van der Waals surface area contributed by atoms with Crippen molar-refractivity contribution in [3.63, 3.8) is 0 Å². The number of unbranched alkanes of at least 4 members (excludes halogenated alkanes) is 7. The van der Waals surface area contributed by atoms with Gasteiger partial charge in [-0.2, -0.15) is 0 Å². The van der Waals surface area contributed by atoms with E-state index in [2.05, 4.69) is 6.92 Å². The van der Waals surface area contributed by atoms with Crippen molar-refractivity contribution in [2.75, 3.05) is 19.8 Å². The molecule has 4 atom stereocenters. The van der Waals surface area contributed by atoms with Crippen molar-refractivity contribution in [3.05, 3.63) is 0 Å². The minimum absolute atomic E-state index is 0.101. The van der Waals surface area contributed by atoms with Gasteiger partial charge in [0.05, 0.1) is 13.2 Å². The van der Waals surface area contributed by atoms with Gasteiger partial charge in [-0.25, -0.2) is 0 Å². The van der Waals surface area contributed by atoms with Crippen LogP contribution in [0.4, 0.5) is 0 Å². The lowest BCUT2D eigenvalue weighted by Crippen LogP contribution is -2.42. The van der Waals surface area contributed by atoms with Crippen molar-refractivity contribution < 1.29 is 24.8 Å². The van der Waals surface area contributed by atoms with E-state index in [9.17, 15) is 15.3 Å². The summed E-state index contributed by atoms with van der Waals surface area (Å²) in [5.74, 6) is 0. The topological polar surface area (TPSA) is 79.2 Å². The largest absolute Gasteiger partial charge is 0.394 e. The standard InChI is InChI=1S/C16H32O5/c1-2-3-4-5-6-7-8-9-10-20-14(11-17)16-15(19)13(18)12-21-16/h13-19H,2-12H2,1H3/t13-,14+,15+,16+/m0/s1. The fourth-order valence-corrected chi connectivity index (χ4v) is 2.68. The SMILES string of the molecule is CCCCCCCCCCO[C@H](CO)[C@H]1OC[C@H](O)[C@H]1O. The first-order valence-corrected chi connectivity index (χ1v) is 8.40. The molecule has 0 radical (unpaired) electrons. The molecule has 1 aliphatic heterocycles. The summed E-state index contributed by atoms with van der Waals surface area (Å²) >= 11 is 0. The Kier molecular flexibility index (Phi) is 10.2. The Morgan fingerprint density at radius 2 is 1.67 bits per heavy atom. The molecule has 0 amide bonds. The molecule has 1 fully saturated rings. The van der Waals surface area contributed by atoms with Crippen LogP contribution in [0.1, 0.15) is 58.3 Å². The first-order valence-electron chi connectivity index (χ1n) is 8.40. The van der Waals surface area contributed by atoms with Crippen molar-refractivity contribution >= 4 is 0 Å². The van der Waals surface area contributed by atoms with Crippen LogP contribution in [-0.4, -0.2) is 59.6 Å². The van der Waals surface area contributed by atoms with E-state index < -0.39 is 24.4 Å². The maximum Gasteiger partial charge on any atom is 0.114 e. The van der Waals surface area contributed by atoms with E-state index in [1.54, 1.807) is 0 Å². The van der Waals surface area contributed by atoms with Crippen LogP contribution < -0.4 is 0 Å². The maximum absolute atomic E-state index is 9.74. The van der Waals surface area contributed by atoms with Crippen LogP contribution in [0.25, 0.3) is 0 Å². The predicted octanol–water partition coefficient (Wildman–Crippen LogP) is 1.63. The first kappa shape index (κ1) is 18.8. The van der Waals surface area contributed by atoms with Crippen LogP contribution in [-0.2, 0) is 9.47 Å². The van der Waals surface area contributed by atoms with E-state index in [4.69, 9.17) is 9.47 Å². The Labute approximate surface area is 128 Å². The highest BCUT2D eigenvalue weighted by atomic mass is 16.6. The van der Waals surface area contributed by atoms with E-state index in [0.29, 0.717) is 6.61 Å². The Morgan fingerprint density at radius 1 is 1.05 bits per heavy atom. The number of aliphatic hydroxyl groups excluding tert-OH is 3. The normalized spacial score (nSPS) is 27.1. The van der Waals surface area contributed by atoms with Gasteiger partial charge in [0, 0.05) is 6.61 Å². The Balaban J connectivity index is 2.02. The number of rotatable bonds is 12. The van der Waals surface area contributed by atoms with Gasteiger partial charge in [-0.1, -0.05) is 51.9 Å². The monoisotopic (exact) mass is 304 g/mol. The summed E-state index contributed by atoms with van der Waals surface area (Å²) < 4.78 is 10.9. The zero-order valence-corrected chi connectivity index (χ0v) is 13.2. The molecular weight excluding hydrogens is 272 g/mol. The molecule has 5 nitrogen and oxygen atoms in total. The zero-order valence-electron chi connectivity index (χ0n) is 13.2. The van der Waals surface area contributed by atoms with Gasteiger partial charge in [-0.05, 0) is 6.42 Å². The fraction of sp³-hybridized carbons (Fsp3) is 1.00. The second-order valence-electron chi connectivity index (χ2n) is 5.92. The lowest BCUT2D eigenvalue weighted by atomic mass is 10.1. The highest BCUT2D eigenvalue weighted by Gasteiger charge is 2.40. The van der Waals surface area contributed by atoms with Crippen LogP contribution in [0.15, 0.2) is 0 Å². The van der Waals surface area contributed by atoms with E-state index >= 15 is 0 Å². The first-order chi connectivity index (χ1) is 10.2. The maximum atomic E-state index is 9.74. The molecule has 3 N–H and O–H groups in total. The van der Waals surface area contributed by atoms with Crippen LogP contribution in [0, 0.1) is 0 Å². The van der Waals surface area contributed by atoms with Gasteiger partial charge in [-0.15, -0.1) is 0 Å². The summed E-state index contributed by atoms with van der Waals surface area (Å²) in [4.78, 5) is 0. The molecule has 126 valence electrons. The van der Waals surface area contributed by atoms with E-state index in [-0.39, 0.29) is 13.2 Å². The molecule has 0 spiro atoms. The number of aliphatic hydroxyl groups is 3. The molecule has 0 aromatic heterocycles. The summed E-state index contributed by atoms with van der Waals surface area (Å²) in [6.45, 7) is 2.68. The van der Waals surface area contributed by atoms with Gasteiger partial charge >= 0.3 is 0 Å². The highest BCUT2D eigenvalue weighted by molar-refractivity contribution is 4.88. The summed E-state index contributed by atoms with van der Waals surface area (Å²) in [6.07, 6.45) is 6.80. The highest BCUT2D eigenvalue weighted by Crippen LogP contribution is 2.19. The van der Waals surface area contributed by atoms with Gasteiger partial charge in [0.1, 0.15) is 24.4 Å². The van der Waals surface area contributed by atoms with E-state index in [0.717, 1.165) is 12.8 Å². The molecule has 1 saturated heterocycles. The minimum Gasteiger partial charge on any atom is -0.394 e. The third kappa shape index (κ3) is 7.06. The molecule has 1 heterocycles. The molecule has 1 aliphatic rings. The molecule has 0 unspecified atom stereocenters. The summed E-state index contributed by atoms with van der Waals surface area (Å²) in [7, 11) is 0. The van der Waals surface area contributed by atoms with Gasteiger partial charge in [0.15, 0.2) is 0 Å². The molecule has 0 saturated carbocycles. The summed E-state index contributed by atoms with van der Waals surface area (Å²) in [6, 6.07) is 0. The van der Waals surface area contributed by atoms with Crippen molar-refractivity contribution in [2.24, 2.45) is 0 Å². The second kappa shape index (κ2) is 11.4. The van der Waals surface area contributed by atoms with Crippen LogP contribution >= 0.6 is 0 Å². The van der Waals surface area contributed by atoms with Gasteiger partial charge in [0.25, 0.3) is 0 Å². The Morgan fingerprint density at radius 3 is 2.19 bits per heavy atom. The average Bonchev–Trinajstić information content (AvgIpc) is 2.82. The van der Waals surface area contributed by atoms with Crippen LogP contribution in [0.2, 0.25) is 0 Å². The third-order valence-electron chi connectivity index (χ3n) is 4.07. The summed E-state index contributed by atoms with van der Waals surface area (Å²) in [5.41, 5.74) is 0. The minimum atomic E-state index is -0.972. The van der Waals surface area contributed by atoms with Gasteiger partial charge in [-0.3, -0.25) is 0 Å². The molecule has 21 heavy (non-hydrogen) atoms. The molecule has 0 aliphatic carbocycles.